The van der Waals surface area contributed by atoms with E-state index in [4.69, 9.17) is 21.9 Å². The van der Waals surface area contributed by atoms with Gasteiger partial charge in [0.25, 0.3) is 0 Å². The van der Waals surface area contributed by atoms with Crippen molar-refractivity contribution < 1.29 is 4.74 Å². The minimum absolute atomic E-state index is 0.0950. The first kappa shape index (κ1) is 23.1. The number of ether oxygens (including phenoxy) is 1. The van der Waals surface area contributed by atoms with Crippen molar-refractivity contribution >= 4 is 23.0 Å². The average Bonchev–Trinajstić information content (AvgIpc) is 3.39. The van der Waals surface area contributed by atoms with Gasteiger partial charge in [-0.2, -0.15) is 0 Å². The largest absolute Gasteiger partial charge is 0.495 e. The molecule has 1 saturated heterocycles. The molecule has 178 valence electrons. The maximum atomic E-state index is 5.92. The first-order chi connectivity index (χ1) is 17.0. The van der Waals surface area contributed by atoms with E-state index in [0.717, 1.165) is 23.6 Å². The van der Waals surface area contributed by atoms with Gasteiger partial charge >= 0.3 is 0 Å². The molecule has 35 heavy (non-hydrogen) atoms. The number of methoxy groups -OCH3 is 1. The van der Waals surface area contributed by atoms with Crippen LogP contribution in [0.25, 0.3) is 5.69 Å². The maximum Gasteiger partial charge on any atom is 0.174 e. The molecule has 2 aromatic heterocycles. The Morgan fingerprint density at radius 1 is 0.971 bits per heavy atom. The highest BCUT2D eigenvalue weighted by Crippen LogP contribution is 2.46. The SMILES string of the molecule is CCc1ccccc1-n1c(C)cc([C@H]2[C@@H](c3ccccn3)NC(=S)N2c2ccccc2OC)c1C. The smallest absolute Gasteiger partial charge is 0.174 e. The minimum atomic E-state index is -0.107. The summed E-state index contributed by atoms with van der Waals surface area (Å²) in [6.45, 7) is 6.58. The van der Waals surface area contributed by atoms with E-state index in [1.807, 2.05) is 36.5 Å². The predicted molar refractivity (Wildman–Crippen MR) is 146 cm³/mol. The van der Waals surface area contributed by atoms with Gasteiger partial charge in [0, 0.05) is 23.3 Å². The molecule has 5 rings (SSSR count). The van der Waals surface area contributed by atoms with Crippen LogP contribution in [-0.4, -0.2) is 21.8 Å². The summed E-state index contributed by atoms with van der Waals surface area (Å²) in [7, 11) is 1.70. The zero-order valence-electron chi connectivity index (χ0n) is 20.5. The number of benzene rings is 2. The average molecular weight is 483 g/mol. The highest BCUT2D eigenvalue weighted by atomic mass is 32.1. The molecule has 0 saturated carbocycles. The topological polar surface area (TPSA) is 42.3 Å². The minimum Gasteiger partial charge on any atom is -0.495 e. The number of pyridine rings is 1. The standard InChI is InChI=1S/C29H30N4OS/c1-5-21-12-6-7-14-24(21)32-19(2)18-22(20(32)3)28-27(23-13-10-11-17-30-23)31-29(35)33(28)25-15-8-9-16-26(25)34-4/h6-18,27-28H,5H2,1-4H3,(H,31,35)/t27-,28+/m1/s1. The van der Waals surface area contributed by atoms with Crippen LogP contribution in [0, 0.1) is 13.8 Å². The number of hydrogen-bond donors (Lipinski definition) is 1. The zero-order valence-corrected chi connectivity index (χ0v) is 21.3. The first-order valence-corrected chi connectivity index (χ1v) is 12.4. The van der Waals surface area contributed by atoms with Crippen LogP contribution in [0.4, 0.5) is 5.69 Å². The zero-order chi connectivity index (χ0) is 24.5. The Labute approximate surface area is 212 Å². The number of aryl methyl sites for hydroxylation is 2. The molecule has 1 aliphatic rings. The fraction of sp³-hybridized carbons (Fsp3) is 0.241. The van der Waals surface area contributed by atoms with E-state index in [1.165, 1.54) is 28.2 Å². The van der Waals surface area contributed by atoms with E-state index in [1.54, 1.807) is 7.11 Å². The maximum absolute atomic E-state index is 5.92. The third-order valence-electron chi connectivity index (χ3n) is 6.85. The number of nitrogens with one attached hydrogen (secondary N) is 1. The highest BCUT2D eigenvalue weighted by molar-refractivity contribution is 7.80. The molecule has 2 atom stereocenters. The van der Waals surface area contributed by atoms with Crippen LogP contribution in [0.2, 0.25) is 0 Å². The number of nitrogens with zero attached hydrogens (tertiary/aromatic N) is 3. The van der Waals surface area contributed by atoms with Crippen molar-refractivity contribution in [2.24, 2.45) is 0 Å². The number of rotatable bonds is 6. The Balaban J connectivity index is 1.72. The molecular weight excluding hydrogens is 452 g/mol. The van der Waals surface area contributed by atoms with Crippen LogP contribution in [0.1, 0.15) is 47.2 Å². The number of aromatic nitrogens is 2. The van der Waals surface area contributed by atoms with Crippen molar-refractivity contribution in [3.8, 4) is 11.4 Å². The van der Waals surface area contributed by atoms with E-state index < -0.39 is 0 Å². The Bertz CT molecular complexity index is 1360. The molecule has 0 aliphatic carbocycles. The van der Waals surface area contributed by atoms with E-state index in [-0.39, 0.29) is 12.1 Å². The summed E-state index contributed by atoms with van der Waals surface area (Å²) in [6, 6.07) is 24.8. The lowest BCUT2D eigenvalue weighted by Crippen LogP contribution is -2.30. The van der Waals surface area contributed by atoms with Gasteiger partial charge in [-0.05, 0) is 80.0 Å². The molecule has 2 aromatic carbocycles. The van der Waals surface area contributed by atoms with Crippen LogP contribution < -0.4 is 15.0 Å². The summed E-state index contributed by atoms with van der Waals surface area (Å²) in [6.07, 6.45) is 2.81. The fourth-order valence-electron chi connectivity index (χ4n) is 5.24. The van der Waals surface area contributed by atoms with Crippen LogP contribution >= 0.6 is 12.2 Å². The summed E-state index contributed by atoms with van der Waals surface area (Å²) in [5.41, 5.74) is 8.04. The van der Waals surface area contributed by atoms with Crippen LogP contribution in [-0.2, 0) is 6.42 Å². The molecule has 0 amide bonds. The Hall–Kier alpha value is -3.64. The number of para-hydroxylation sites is 3. The van der Waals surface area contributed by atoms with Gasteiger partial charge in [-0.3, -0.25) is 4.98 Å². The molecule has 1 N–H and O–H groups in total. The summed E-state index contributed by atoms with van der Waals surface area (Å²) in [4.78, 5) is 6.89. The van der Waals surface area contributed by atoms with E-state index in [2.05, 4.69) is 78.0 Å². The van der Waals surface area contributed by atoms with Crippen LogP contribution in [0.5, 0.6) is 5.75 Å². The lowest BCUT2D eigenvalue weighted by molar-refractivity contribution is 0.414. The third-order valence-corrected chi connectivity index (χ3v) is 7.16. The molecule has 5 nitrogen and oxygen atoms in total. The van der Waals surface area contributed by atoms with Gasteiger partial charge in [0.15, 0.2) is 5.11 Å². The second-order valence-electron chi connectivity index (χ2n) is 8.81. The molecule has 1 aliphatic heterocycles. The lowest BCUT2D eigenvalue weighted by Gasteiger charge is -2.29. The molecule has 4 aromatic rings. The third kappa shape index (κ3) is 3.98. The molecule has 3 heterocycles. The Morgan fingerprint density at radius 2 is 1.69 bits per heavy atom. The normalized spacial score (nSPS) is 17.5. The Morgan fingerprint density at radius 3 is 2.40 bits per heavy atom. The van der Waals surface area contributed by atoms with Gasteiger partial charge in [0.1, 0.15) is 5.75 Å². The van der Waals surface area contributed by atoms with Crippen molar-refractivity contribution in [1.29, 1.82) is 0 Å². The molecule has 0 spiro atoms. The second kappa shape index (κ2) is 9.55. The van der Waals surface area contributed by atoms with Crippen molar-refractivity contribution in [3.63, 3.8) is 0 Å². The summed E-state index contributed by atoms with van der Waals surface area (Å²) < 4.78 is 8.11. The molecule has 6 heteroatoms. The van der Waals surface area contributed by atoms with Gasteiger partial charge in [0.05, 0.1) is 30.6 Å². The van der Waals surface area contributed by atoms with Gasteiger partial charge in [-0.15, -0.1) is 0 Å². The second-order valence-corrected chi connectivity index (χ2v) is 9.20. The van der Waals surface area contributed by atoms with Crippen molar-refractivity contribution in [3.05, 3.63) is 107 Å². The van der Waals surface area contributed by atoms with E-state index >= 15 is 0 Å². The van der Waals surface area contributed by atoms with Crippen molar-refractivity contribution in [2.75, 3.05) is 12.0 Å². The number of thiocarbonyl (C=S) groups is 1. The molecule has 0 bridgehead atoms. The van der Waals surface area contributed by atoms with Gasteiger partial charge in [-0.25, -0.2) is 0 Å². The predicted octanol–water partition coefficient (Wildman–Crippen LogP) is 6.24. The van der Waals surface area contributed by atoms with Gasteiger partial charge in [0.2, 0.25) is 0 Å². The molecule has 0 unspecified atom stereocenters. The number of hydrogen-bond acceptors (Lipinski definition) is 3. The van der Waals surface area contributed by atoms with Crippen molar-refractivity contribution in [2.45, 2.75) is 39.3 Å². The van der Waals surface area contributed by atoms with Crippen LogP contribution in [0.3, 0.4) is 0 Å². The fourth-order valence-corrected chi connectivity index (χ4v) is 5.58. The lowest BCUT2D eigenvalue weighted by atomic mass is 9.96. The number of anilines is 1. The summed E-state index contributed by atoms with van der Waals surface area (Å²) in [5.74, 6) is 0.786. The molecular formula is C29H30N4OS. The molecule has 1 fully saturated rings. The van der Waals surface area contributed by atoms with Gasteiger partial charge < -0.3 is 19.5 Å². The highest BCUT2D eigenvalue weighted by Gasteiger charge is 2.43. The summed E-state index contributed by atoms with van der Waals surface area (Å²) >= 11 is 5.92. The monoisotopic (exact) mass is 482 g/mol. The van der Waals surface area contributed by atoms with Gasteiger partial charge in [-0.1, -0.05) is 43.3 Å². The van der Waals surface area contributed by atoms with E-state index in [0.29, 0.717) is 5.11 Å². The van der Waals surface area contributed by atoms with E-state index in [9.17, 15) is 0 Å². The van der Waals surface area contributed by atoms with Crippen molar-refractivity contribution in [1.82, 2.24) is 14.9 Å². The molecule has 0 radical (unpaired) electrons. The van der Waals surface area contributed by atoms with Crippen LogP contribution in [0.15, 0.2) is 79.0 Å². The first-order valence-electron chi connectivity index (χ1n) is 12.0. The summed E-state index contributed by atoms with van der Waals surface area (Å²) in [5, 5.41) is 4.23. The quantitative estimate of drug-likeness (QED) is 0.330. The Kier molecular flexibility index (Phi) is 6.31.